The first-order chi connectivity index (χ1) is 13.5. The zero-order valence-corrected chi connectivity index (χ0v) is 15.4. The van der Waals surface area contributed by atoms with Crippen LogP contribution in [0.3, 0.4) is 0 Å². The summed E-state index contributed by atoms with van der Waals surface area (Å²) in [4.78, 5) is 16.5. The highest BCUT2D eigenvalue weighted by Crippen LogP contribution is 2.19. The fourth-order valence-corrected chi connectivity index (χ4v) is 2.81. The molecule has 0 unspecified atom stereocenters. The van der Waals surface area contributed by atoms with Gasteiger partial charge in [0, 0.05) is 23.2 Å². The number of nitrogens with one attached hydrogen (secondary N) is 1. The first-order valence-corrected chi connectivity index (χ1v) is 8.83. The van der Waals surface area contributed by atoms with Gasteiger partial charge < -0.3 is 9.84 Å². The number of amides is 1. The molecule has 1 N–H and O–H groups in total. The molecular formula is C18H14ClFN6O2. The Morgan fingerprint density at radius 3 is 2.93 bits per heavy atom. The molecule has 1 amide bonds. The molecule has 4 rings (SSSR count). The van der Waals surface area contributed by atoms with E-state index in [2.05, 4.69) is 25.7 Å². The van der Waals surface area contributed by atoms with E-state index >= 15 is 0 Å². The summed E-state index contributed by atoms with van der Waals surface area (Å²) in [6, 6.07) is 7.33. The number of carbonyl (C=O) groups is 1. The number of hydrogen-bond donors (Lipinski definition) is 1. The molecule has 28 heavy (non-hydrogen) atoms. The Kier molecular flexibility index (Phi) is 4.74. The average molecular weight is 401 g/mol. The van der Waals surface area contributed by atoms with Gasteiger partial charge in [0.25, 0.3) is 11.8 Å². The summed E-state index contributed by atoms with van der Waals surface area (Å²) in [5.74, 6) is 0.258. The first-order valence-electron chi connectivity index (χ1n) is 8.45. The molecule has 3 heterocycles. The zero-order chi connectivity index (χ0) is 19.7. The predicted octanol–water partition coefficient (Wildman–Crippen LogP) is 3.06. The van der Waals surface area contributed by atoms with Gasteiger partial charge in [-0.15, -0.1) is 10.2 Å². The van der Waals surface area contributed by atoms with Crippen molar-refractivity contribution in [3.8, 4) is 11.5 Å². The molecule has 0 atom stereocenters. The standard InChI is InChI=1S/C18H14ClFN6O2/c1-2-14-22-18(28-25-14)10-5-6-26-15(7-10)23-24-16(26)9-21-17(27)12-8-11(19)3-4-13(12)20/h3-8H,2,9H2,1H3,(H,21,27). The highest BCUT2D eigenvalue weighted by Gasteiger charge is 2.15. The van der Waals surface area contributed by atoms with Crippen molar-refractivity contribution in [2.45, 2.75) is 19.9 Å². The van der Waals surface area contributed by atoms with Gasteiger partial charge in [-0.25, -0.2) is 4.39 Å². The number of nitrogens with zero attached hydrogens (tertiary/aromatic N) is 5. The van der Waals surface area contributed by atoms with E-state index < -0.39 is 11.7 Å². The third-order valence-electron chi connectivity index (χ3n) is 4.09. The minimum Gasteiger partial charge on any atom is -0.345 e. The number of aromatic nitrogens is 5. The van der Waals surface area contributed by atoms with Gasteiger partial charge in [-0.3, -0.25) is 9.20 Å². The number of pyridine rings is 1. The molecule has 0 aliphatic rings. The van der Waals surface area contributed by atoms with Crippen molar-refractivity contribution in [3.63, 3.8) is 0 Å². The maximum absolute atomic E-state index is 13.8. The van der Waals surface area contributed by atoms with Crippen molar-refractivity contribution in [3.05, 3.63) is 64.6 Å². The molecule has 0 spiro atoms. The van der Waals surface area contributed by atoms with Crippen molar-refractivity contribution in [2.24, 2.45) is 0 Å². The third kappa shape index (κ3) is 3.44. The van der Waals surface area contributed by atoms with Crippen LogP contribution in [0, 0.1) is 5.82 Å². The van der Waals surface area contributed by atoms with E-state index in [1.54, 1.807) is 22.7 Å². The van der Waals surface area contributed by atoms with E-state index in [1.165, 1.54) is 12.1 Å². The SMILES string of the molecule is CCc1noc(-c2ccn3c(CNC(=O)c4cc(Cl)ccc4F)nnc3c2)n1. The van der Waals surface area contributed by atoms with Gasteiger partial charge in [-0.1, -0.05) is 23.7 Å². The summed E-state index contributed by atoms with van der Waals surface area (Å²) in [5, 5.41) is 14.9. The lowest BCUT2D eigenvalue weighted by molar-refractivity contribution is 0.0945. The molecule has 4 aromatic rings. The van der Waals surface area contributed by atoms with Crippen LogP contribution in [0.25, 0.3) is 17.1 Å². The van der Waals surface area contributed by atoms with E-state index in [0.29, 0.717) is 35.2 Å². The summed E-state index contributed by atoms with van der Waals surface area (Å²) in [7, 11) is 0. The molecule has 0 radical (unpaired) electrons. The van der Waals surface area contributed by atoms with Gasteiger partial charge in [0.1, 0.15) is 5.82 Å². The largest absolute Gasteiger partial charge is 0.345 e. The minimum absolute atomic E-state index is 0.0613. The van der Waals surface area contributed by atoms with Crippen LogP contribution in [0.1, 0.15) is 28.9 Å². The van der Waals surface area contributed by atoms with Crippen LogP contribution < -0.4 is 5.32 Å². The maximum Gasteiger partial charge on any atom is 0.258 e. The second-order valence-electron chi connectivity index (χ2n) is 5.94. The van der Waals surface area contributed by atoms with Crippen LogP contribution in [0.4, 0.5) is 4.39 Å². The normalized spacial score (nSPS) is 11.1. The van der Waals surface area contributed by atoms with Crippen molar-refractivity contribution in [1.29, 1.82) is 0 Å². The lowest BCUT2D eigenvalue weighted by atomic mass is 10.2. The number of rotatable bonds is 5. The van der Waals surface area contributed by atoms with E-state index in [9.17, 15) is 9.18 Å². The quantitative estimate of drug-likeness (QED) is 0.552. The highest BCUT2D eigenvalue weighted by atomic mass is 35.5. The van der Waals surface area contributed by atoms with Gasteiger partial charge in [0.15, 0.2) is 17.3 Å². The van der Waals surface area contributed by atoms with Crippen molar-refractivity contribution in [1.82, 2.24) is 30.1 Å². The van der Waals surface area contributed by atoms with Crippen LogP contribution in [-0.4, -0.2) is 30.6 Å². The fraction of sp³-hybridized carbons (Fsp3) is 0.167. The van der Waals surface area contributed by atoms with Gasteiger partial charge in [-0.2, -0.15) is 4.98 Å². The molecule has 1 aromatic carbocycles. The van der Waals surface area contributed by atoms with Gasteiger partial charge in [0.2, 0.25) is 0 Å². The average Bonchev–Trinajstić information content (AvgIpc) is 3.34. The number of benzene rings is 1. The molecule has 0 fully saturated rings. The van der Waals surface area contributed by atoms with Gasteiger partial charge >= 0.3 is 0 Å². The van der Waals surface area contributed by atoms with E-state index in [-0.39, 0.29) is 17.1 Å². The Bertz CT molecular complexity index is 1170. The molecule has 8 nitrogen and oxygen atoms in total. The third-order valence-corrected chi connectivity index (χ3v) is 4.33. The second kappa shape index (κ2) is 7.35. The minimum atomic E-state index is -0.649. The van der Waals surface area contributed by atoms with E-state index in [0.717, 1.165) is 6.07 Å². The van der Waals surface area contributed by atoms with Crippen LogP contribution in [-0.2, 0) is 13.0 Å². The molecule has 0 aliphatic heterocycles. The smallest absolute Gasteiger partial charge is 0.258 e. The second-order valence-corrected chi connectivity index (χ2v) is 6.37. The molecule has 0 saturated carbocycles. The molecule has 0 aliphatic carbocycles. The summed E-state index contributed by atoms with van der Waals surface area (Å²) >= 11 is 5.82. The van der Waals surface area contributed by atoms with Crippen molar-refractivity contribution < 1.29 is 13.7 Å². The van der Waals surface area contributed by atoms with Crippen molar-refractivity contribution in [2.75, 3.05) is 0 Å². The highest BCUT2D eigenvalue weighted by molar-refractivity contribution is 6.31. The van der Waals surface area contributed by atoms with E-state index in [1.807, 2.05) is 6.92 Å². The summed E-state index contributed by atoms with van der Waals surface area (Å²) in [6.45, 7) is 2.00. The molecule has 0 bridgehead atoms. The maximum atomic E-state index is 13.8. The lowest BCUT2D eigenvalue weighted by Gasteiger charge is -2.06. The Hall–Kier alpha value is -3.33. The lowest BCUT2D eigenvalue weighted by Crippen LogP contribution is -2.25. The molecule has 10 heteroatoms. The fourth-order valence-electron chi connectivity index (χ4n) is 2.63. The molecular weight excluding hydrogens is 387 g/mol. The molecule has 0 saturated heterocycles. The number of carbonyl (C=O) groups excluding carboxylic acids is 1. The Labute approximate surface area is 163 Å². The predicted molar refractivity (Wildman–Crippen MR) is 98.2 cm³/mol. The first kappa shape index (κ1) is 18.1. The topological polar surface area (TPSA) is 98.2 Å². The van der Waals surface area contributed by atoms with Gasteiger partial charge in [0.05, 0.1) is 12.1 Å². The molecule has 142 valence electrons. The summed E-state index contributed by atoms with van der Waals surface area (Å²) in [5.41, 5.74) is 1.13. The van der Waals surface area contributed by atoms with Crippen LogP contribution in [0.5, 0.6) is 0 Å². The zero-order valence-electron chi connectivity index (χ0n) is 14.7. The number of hydrogen-bond acceptors (Lipinski definition) is 6. The van der Waals surface area contributed by atoms with Crippen LogP contribution >= 0.6 is 11.6 Å². The monoisotopic (exact) mass is 400 g/mol. The summed E-state index contributed by atoms with van der Waals surface area (Å²) < 4.78 is 20.7. The Morgan fingerprint density at radius 1 is 1.29 bits per heavy atom. The number of fused-ring (bicyclic) bond motifs is 1. The van der Waals surface area contributed by atoms with Crippen LogP contribution in [0.2, 0.25) is 5.02 Å². The number of aryl methyl sites for hydroxylation is 1. The molecule has 3 aromatic heterocycles. The summed E-state index contributed by atoms with van der Waals surface area (Å²) in [6.07, 6.45) is 2.41. The van der Waals surface area contributed by atoms with Gasteiger partial charge in [-0.05, 0) is 30.3 Å². The van der Waals surface area contributed by atoms with Crippen LogP contribution in [0.15, 0.2) is 41.1 Å². The number of halogens is 2. The van der Waals surface area contributed by atoms with E-state index in [4.69, 9.17) is 16.1 Å². The van der Waals surface area contributed by atoms with Crippen molar-refractivity contribution >= 4 is 23.2 Å². The Balaban J connectivity index is 1.53. The Morgan fingerprint density at radius 2 is 2.14 bits per heavy atom.